The van der Waals surface area contributed by atoms with E-state index in [-0.39, 0.29) is 17.9 Å². The van der Waals surface area contributed by atoms with Crippen LogP contribution in [0.2, 0.25) is 0 Å². The standard InChI is InChI=1S/C20H20F2N2O2/c21-15-6-14(7-16(22)8-15)9-23-11-17-18(12-23)24(20(26)19(17)25)10-13-4-2-1-3-5-13/h1-8,17-19,25H,9-12H2/t17-,18+,19-/m0/s1. The number of amides is 1. The maximum atomic E-state index is 13.4. The molecular weight excluding hydrogens is 338 g/mol. The van der Waals surface area contributed by atoms with Crippen LogP contribution in [-0.2, 0) is 17.9 Å². The summed E-state index contributed by atoms with van der Waals surface area (Å²) in [4.78, 5) is 16.2. The maximum absolute atomic E-state index is 13.4. The summed E-state index contributed by atoms with van der Waals surface area (Å²) in [5.41, 5.74) is 1.57. The molecule has 0 unspecified atom stereocenters. The molecular formula is C20H20F2N2O2. The highest BCUT2D eigenvalue weighted by molar-refractivity contribution is 5.84. The molecule has 0 bridgehead atoms. The summed E-state index contributed by atoms with van der Waals surface area (Å²) in [6.07, 6.45) is -1.02. The molecule has 0 aromatic heterocycles. The molecule has 2 saturated heterocycles. The highest BCUT2D eigenvalue weighted by atomic mass is 19.1. The first kappa shape index (κ1) is 17.1. The normalized spacial score (nSPS) is 25.7. The zero-order chi connectivity index (χ0) is 18.3. The van der Waals surface area contributed by atoms with Crippen molar-refractivity contribution in [2.75, 3.05) is 13.1 Å². The van der Waals surface area contributed by atoms with Crippen LogP contribution in [0.15, 0.2) is 48.5 Å². The van der Waals surface area contributed by atoms with Gasteiger partial charge in [0, 0.05) is 38.2 Å². The van der Waals surface area contributed by atoms with E-state index in [1.54, 1.807) is 4.90 Å². The predicted molar refractivity (Wildman–Crippen MR) is 91.9 cm³/mol. The van der Waals surface area contributed by atoms with Gasteiger partial charge in [-0.1, -0.05) is 30.3 Å². The van der Waals surface area contributed by atoms with Crippen LogP contribution in [0, 0.1) is 17.6 Å². The first-order chi connectivity index (χ1) is 12.5. The lowest BCUT2D eigenvalue weighted by Gasteiger charge is -2.25. The number of rotatable bonds is 4. The molecule has 6 heteroatoms. The van der Waals surface area contributed by atoms with Crippen molar-refractivity contribution in [1.82, 2.24) is 9.80 Å². The van der Waals surface area contributed by atoms with Crippen molar-refractivity contribution in [2.45, 2.75) is 25.2 Å². The summed E-state index contributed by atoms with van der Waals surface area (Å²) in [7, 11) is 0. The largest absolute Gasteiger partial charge is 0.383 e. The second-order valence-electron chi connectivity index (χ2n) is 7.10. The van der Waals surface area contributed by atoms with Crippen LogP contribution in [0.3, 0.4) is 0 Å². The van der Waals surface area contributed by atoms with Crippen LogP contribution in [0.25, 0.3) is 0 Å². The summed E-state index contributed by atoms with van der Waals surface area (Å²) >= 11 is 0. The predicted octanol–water partition coefficient (Wildman–Crippen LogP) is 2.17. The Hall–Kier alpha value is -2.31. The molecule has 0 saturated carbocycles. The van der Waals surface area contributed by atoms with Crippen LogP contribution >= 0.6 is 0 Å². The Morgan fingerprint density at radius 3 is 2.35 bits per heavy atom. The van der Waals surface area contributed by atoms with Gasteiger partial charge in [0.15, 0.2) is 0 Å². The van der Waals surface area contributed by atoms with Crippen molar-refractivity contribution in [1.29, 1.82) is 0 Å². The number of carbonyl (C=O) groups excluding carboxylic acids is 1. The summed E-state index contributed by atoms with van der Waals surface area (Å²) in [5, 5.41) is 10.4. The molecule has 0 aliphatic carbocycles. The van der Waals surface area contributed by atoms with Gasteiger partial charge in [0.1, 0.15) is 17.7 Å². The van der Waals surface area contributed by atoms with E-state index >= 15 is 0 Å². The van der Waals surface area contributed by atoms with Crippen molar-refractivity contribution < 1.29 is 18.7 Å². The van der Waals surface area contributed by atoms with E-state index in [2.05, 4.69) is 0 Å². The minimum Gasteiger partial charge on any atom is -0.383 e. The van der Waals surface area contributed by atoms with Gasteiger partial charge in [-0.3, -0.25) is 9.69 Å². The number of nitrogens with zero attached hydrogens (tertiary/aromatic N) is 2. The lowest BCUT2D eigenvalue weighted by atomic mass is 10.0. The third-order valence-electron chi connectivity index (χ3n) is 5.27. The number of fused-ring (bicyclic) bond motifs is 1. The van der Waals surface area contributed by atoms with Gasteiger partial charge in [0.05, 0.1) is 6.04 Å². The number of aliphatic hydroxyl groups excluding tert-OH is 1. The van der Waals surface area contributed by atoms with E-state index in [1.807, 2.05) is 35.2 Å². The van der Waals surface area contributed by atoms with Gasteiger partial charge in [-0.05, 0) is 23.3 Å². The molecule has 136 valence electrons. The SMILES string of the molecule is O=C1[C@@H](O)[C@H]2CN(Cc3cc(F)cc(F)c3)C[C@H]2N1Cc1ccccc1. The molecule has 4 rings (SSSR count). The molecule has 2 heterocycles. The van der Waals surface area contributed by atoms with E-state index < -0.39 is 17.7 Å². The van der Waals surface area contributed by atoms with Gasteiger partial charge < -0.3 is 10.0 Å². The second kappa shape index (κ2) is 6.78. The van der Waals surface area contributed by atoms with Crippen LogP contribution in [0.5, 0.6) is 0 Å². The number of halogens is 2. The van der Waals surface area contributed by atoms with Crippen LogP contribution in [0.1, 0.15) is 11.1 Å². The van der Waals surface area contributed by atoms with Gasteiger partial charge in [0.2, 0.25) is 0 Å². The molecule has 26 heavy (non-hydrogen) atoms. The summed E-state index contributed by atoms with van der Waals surface area (Å²) in [5.74, 6) is -1.61. The molecule has 2 aliphatic heterocycles. The molecule has 4 nitrogen and oxygen atoms in total. The monoisotopic (exact) mass is 358 g/mol. The third kappa shape index (κ3) is 3.22. The van der Waals surface area contributed by atoms with Crippen LogP contribution in [-0.4, -0.2) is 46.0 Å². The van der Waals surface area contributed by atoms with Gasteiger partial charge in [-0.15, -0.1) is 0 Å². The first-order valence-corrected chi connectivity index (χ1v) is 8.71. The lowest BCUT2D eigenvalue weighted by molar-refractivity contribution is -0.136. The van der Waals surface area contributed by atoms with Crippen molar-refractivity contribution in [3.63, 3.8) is 0 Å². The molecule has 1 N–H and O–H groups in total. The minimum atomic E-state index is -1.02. The summed E-state index contributed by atoms with van der Waals surface area (Å²) in [6, 6.07) is 13.1. The van der Waals surface area contributed by atoms with Crippen LogP contribution in [0.4, 0.5) is 8.78 Å². The van der Waals surface area contributed by atoms with Gasteiger partial charge in [0.25, 0.3) is 5.91 Å². The molecule has 3 atom stereocenters. The fraction of sp³-hybridized carbons (Fsp3) is 0.350. The van der Waals surface area contributed by atoms with E-state index in [1.165, 1.54) is 12.1 Å². The van der Waals surface area contributed by atoms with Crippen molar-refractivity contribution in [3.05, 3.63) is 71.3 Å². The number of carbonyl (C=O) groups is 1. The number of benzene rings is 2. The van der Waals surface area contributed by atoms with Crippen molar-refractivity contribution in [3.8, 4) is 0 Å². The lowest BCUT2D eigenvalue weighted by Crippen LogP contribution is -2.38. The number of likely N-dealkylation sites (tertiary alicyclic amines) is 2. The highest BCUT2D eigenvalue weighted by Gasteiger charge is 2.51. The van der Waals surface area contributed by atoms with Gasteiger partial charge >= 0.3 is 0 Å². The molecule has 2 aliphatic rings. The van der Waals surface area contributed by atoms with E-state index in [0.29, 0.717) is 31.7 Å². The van der Waals surface area contributed by atoms with Crippen molar-refractivity contribution >= 4 is 5.91 Å². The Balaban J connectivity index is 1.49. The average Bonchev–Trinajstić information content (AvgIpc) is 3.09. The Kier molecular flexibility index (Phi) is 4.46. The zero-order valence-corrected chi connectivity index (χ0v) is 14.2. The molecule has 2 aromatic carbocycles. The topological polar surface area (TPSA) is 43.8 Å². The number of aliphatic hydroxyl groups is 1. The zero-order valence-electron chi connectivity index (χ0n) is 14.2. The van der Waals surface area contributed by atoms with E-state index in [4.69, 9.17) is 0 Å². The number of hydrogen-bond acceptors (Lipinski definition) is 3. The van der Waals surface area contributed by atoms with Gasteiger partial charge in [-0.2, -0.15) is 0 Å². The Labute approximate surface area is 150 Å². The Morgan fingerprint density at radius 1 is 0.962 bits per heavy atom. The summed E-state index contributed by atoms with van der Waals surface area (Å²) < 4.78 is 26.8. The number of hydrogen-bond donors (Lipinski definition) is 1. The molecule has 1 amide bonds. The van der Waals surface area contributed by atoms with Crippen LogP contribution < -0.4 is 0 Å². The van der Waals surface area contributed by atoms with E-state index in [0.717, 1.165) is 11.6 Å². The van der Waals surface area contributed by atoms with E-state index in [9.17, 15) is 18.7 Å². The van der Waals surface area contributed by atoms with Crippen molar-refractivity contribution in [2.24, 2.45) is 5.92 Å². The fourth-order valence-electron chi connectivity index (χ4n) is 4.12. The Bertz CT molecular complexity index is 794. The third-order valence-corrected chi connectivity index (χ3v) is 5.27. The molecule has 2 aromatic rings. The molecule has 2 fully saturated rings. The van der Waals surface area contributed by atoms with Gasteiger partial charge in [-0.25, -0.2) is 8.78 Å². The average molecular weight is 358 g/mol. The fourth-order valence-corrected chi connectivity index (χ4v) is 4.12. The smallest absolute Gasteiger partial charge is 0.252 e. The molecule has 0 spiro atoms. The highest BCUT2D eigenvalue weighted by Crippen LogP contribution is 2.34. The second-order valence-corrected chi connectivity index (χ2v) is 7.10. The molecule has 0 radical (unpaired) electrons. The quantitative estimate of drug-likeness (QED) is 0.911. The minimum absolute atomic E-state index is 0.0869. The maximum Gasteiger partial charge on any atom is 0.252 e. The summed E-state index contributed by atoms with van der Waals surface area (Å²) in [6.45, 7) is 1.96. The first-order valence-electron chi connectivity index (χ1n) is 8.71. The Morgan fingerprint density at radius 2 is 1.65 bits per heavy atom.